The van der Waals surface area contributed by atoms with E-state index in [0.717, 1.165) is 22.3 Å². The molecule has 0 unspecified atom stereocenters. The van der Waals surface area contributed by atoms with Gasteiger partial charge in [0.2, 0.25) is 0 Å². The third-order valence-electron chi connectivity index (χ3n) is 6.85. The monoisotopic (exact) mass is 620 g/mol. The van der Waals surface area contributed by atoms with Crippen molar-refractivity contribution in [2.24, 2.45) is 0 Å². The summed E-state index contributed by atoms with van der Waals surface area (Å²) in [4.78, 5) is 24.7. The summed E-state index contributed by atoms with van der Waals surface area (Å²) in [6, 6.07) is 24.5. The van der Waals surface area contributed by atoms with E-state index >= 15 is 0 Å². The van der Waals surface area contributed by atoms with Crippen LogP contribution in [0.5, 0.6) is 0 Å². The van der Waals surface area contributed by atoms with Crippen LogP contribution in [0, 0.1) is 13.8 Å². The lowest BCUT2D eigenvalue weighted by molar-refractivity contribution is 0.255. The highest BCUT2D eigenvalue weighted by molar-refractivity contribution is 7.90. The molecule has 12 heteroatoms. The van der Waals surface area contributed by atoms with Crippen molar-refractivity contribution in [2.75, 3.05) is 10.6 Å². The van der Waals surface area contributed by atoms with Gasteiger partial charge in [0.15, 0.2) is 0 Å². The topological polar surface area (TPSA) is 151 Å². The predicted octanol–water partition coefficient (Wildman–Crippen LogP) is 5.65. The second kappa shape index (κ2) is 12.3. The Morgan fingerprint density at radius 2 is 0.814 bits per heavy atom. The van der Waals surface area contributed by atoms with Crippen molar-refractivity contribution in [1.29, 1.82) is 0 Å². The van der Waals surface area contributed by atoms with Gasteiger partial charge in [-0.05, 0) is 73.5 Å². The second-order valence-electron chi connectivity index (χ2n) is 10.5. The lowest BCUT2D eigenvalue weighted by Crippen LogP contribution is -2.34. The average molecular weight is 621 g/mol. The van der Waals surface area contributed by atoms with Crippen LogP contribution in [0.25, 0.3) is 0 Å². The molecule has 4 amide bonds. The van der Waals surface area contributed by atoms with Gasteiger partial charge in [-0.2, -0.15) is 0 Å². The van der Waals surface area contributed by atoms with E-state index in [1.807, 2.05) is 61.4 Å². The van der Waals surface area contributed by atoms with E-state index in [-0.39, 0.29) is 9.79 Å². The summed E-state index contributed by atoms with van der Waals surface area (Å²) in [6.45, 7) is 7.66. The zero-order valence-corrected chi connectivity index (χ0v) is 25.6. The lowest BCUT2D eigenvalue weighted by atomic mass is 9.78. The molecule has 4 rings (SSSR count). The van der Waals surface area contributed by atoms with Crippen LogP contribution >= 0.6 is 0 Å². The minimum atomic E-state index is -4.02. The van der Waals surface area contributed by atoms with E-state index in [1.165, 1.54) is 24.3 Å². The summed E-state index contributed by atoms with van der Waals surface area (Å²) >= 11 is 0. The number of urea groups is 2. The molecule has 0 radical (unpaired) electrons. The SMILES string of the molecule is Cc1ccc(S(=O)(=O)NC(=O)Nc2ccc(C(C)(C)c3ccc(NC(=O)NS(=O)(=O)c4ccc(C)cc4)cc3)cc2)cc1. The van der Waals surface area contributed by atoms with E-state index < -0.39 is 37.5 Å². The smallest absolute Gasteiger partial charge is 0.307 e. The van der Waals surface area contributed by atoms with Gasteiger partial charge in [0.1, 0.15) is 0 Å². The standard InChI is InChI=1S/C31H32N4O6S2/c1-21-5-17-27(18-6-21)42(38,39)34-29(36)32-25-13-9-23(10-14-25)31(3,4)24-11-15-26(16-12-24)33-30(37)35-43(40,41)28-19-7-22(2)8-20-28/h5-20H,1-4H3,(H2,32,34,36)(H2,33,35,37). The van der Waals surface area contributed by atoms with Crippen LogP contribution in [0.1, 0.15) is 36.1 Å². The van der Waals surface area contributed by atoms with Crippen molar-refractivity contribution in [3.05, 3.63) is 119 Å². The van der Waals surface area contributed by atoms with E-state index in [9.17, 15) is 26.4 Å². The van der Waals surface area contributed by atoms with E-state index in [1.54, 1.807) is 48.5 Å². The molecule has 224 valence electrons. The number of hydrogen-bond donors (Lipinski definition) is 4. The summed E-state index contributed by atoms with van der Waals surface area (Å²) in [6.07, 6.45) is 0. The van der Waals surface area contributed by atoms with Crippen LogP contribution in [0.2, 0.25) is 0 Å². The maximum absolute atomic E-state index is 12.5. The van der Waals surface area contributed by atoms with Crippen LogP contribution in [-0.4, -0.2) is 28.9 Å². The Morgan fingerprint density at radius 3 is 1.12 bits per heavy atom. The molecule has 0 aliphatic rings. The molecule has 10 nitrogen and oxygen atoms in total. The lowest BCUT2D eigenvalue weighted by Gasteiger charge is -2.26. The van der Waals surface area contributed by atoms with Gasteiger partial charge in [0.25, 0.3) is 20.0 Å². The van der Waals surface area contributed by atoms with Gasteiger partial charge in [0.05, 0.1) is 9.79 Å². The van der Waals surface area contributed by atoms with Gasteiger partial charge in [0, 0.05) is 16.8 Å². The first-order valence-corrected chi connectivity index (χ1v) is 16.1. The summed E-state index contributed by atoms with van der Waals surface area (Å²) in [5, 5.41) is 5.07. The molecule has 0 heterocycles. The van der Waals surface area contributed by atoms with Gasteiger partial charge in [-0.15, -0.1) is 0 Å². The Bertz CT molecular complexity index is 1700. The highest BCUT2D eigenvalue weighted by atomic mass is 32.2. The van der Waals surface area contributed by atoms with Crippen LogP contribution in [0.15, 0.2) is 107 Å². The van der Waals surface area contributed by atoms with Crippen molar-refractivity contribution in [3.8, 4) is 0 Å². The molecule has 4 N–H and O–H groups in total. The van der Waals surface area contributed by atoms with Crippen molar-refractivity contribution < 1.29 is 26.4 Å². The van der Waals surface area contributed by atoms with Gasteiger partial charge in [-0.1, -0.05) is 73.5 Å². The first-order valence-electron chi connectivity index (χ1n) is 13.2. The Kier molecular flexibility index (Phi) is 8.93. The summed E-state index contributed by atoms with van der Waals surface area (Å²) in [7, 11) is -8.04. The zero-order chi connectivity index (χ0) is 31.4. The van der Waals surface area contributed by atoms with Gasteiger partial charge in [-0.25, -0.2) is 35.9 Å². The number of hydrogen-bond acceptors (Lipinski definition) is 6. The summed E-state index contributed by atoms with van der Waals surface area (Å²) < 4.78 is 53.9. The zero-order valence-electron chi connectivity index (χ0n) is 24.0. The largest absolute Gasteiger partial charge is 0.333 e. The Morgan fingerprint density at radius 1 is 0.512 bits per heavy atom. The summed E-state index contributed by atoms with van der Waals surface area (Å²) in [5.74, 6) is 0. The van der Waals surface area contributed by atoms with Gasteiger partial charge < -0.3 is 10.6 Å². The fourth-order valence-corrected chi connectivity index (χ4v) is 6.03. The third-order valence-corrected chi connectivity index (χ3v) is 9.54. The fourth-order valence-electron chi connectivity index (χ4n) is 4.22. The molecule has 0 fully saturated rings. The maximum Gasteiger partial charge on any atom is 0.333 e. The number of anilines is 2. The molecule has 0 saturated heterocycles. The molecular formula is C31H32N4O6S2. The van der Waals surface area contributed by atoms with Crippen molar-refractivity contribution in [2.45, 2.75) is 42.9 Å². The Labute approximate surface area is 251 Å². The predicted molar refractivity (Wildman–Crippen MR) is 166 cm³/mol. The first kappa shape index (κ1) is 31.3. The Hall–Kier alpha value is -4.68. The number of rotatable bonds is 8. The second-order valence-corrected chi connectivity index (χ2v) is 13.9. The molecule has 0 bridgehead atoms. The molecule has 0 aliphatic heterocycles. The minimum absolute atomic E-state index is 0.0144. The van der Waals surface area contributed by atoms with Crippen molar-refractivity contribution in [3.63, 3.8) is 0 Å². The molecule has 4 aromatic rings. The minimum Gasteiger partial charge on any atom is -0.307 e. The quantitative estimate of drug-likeness (QED) is 0.200. The number of amides is 4. The number of sulfonamides is 2. The molecule has 43 heavy (non-hydrogen) atoms. The van der Waals surface area contributed by atoms with Crippen molar-refractivity contribution in [1.82, 2.24) is 9.44 Å². The number of benzene rings is 4. The molecule has 0 saturated carbocycles. The third kappa shape index (κ3) is 7.79. The number of carbonyl (C=O) groups excluding carboxylic acids is 2. The van der Waals surface area contributed by atoms with Gasteiger partial charge in [-0.3, -0.25) is 0 Å². The molecular weight excluding hydrogens is 588 g/mol. The fraction of sp³-hybridized carbons (Fsp3) is 0.161. The number of nitrogens with one attached hydrogen (secondary N) is 4. The molecule has 0 aromatic heterocycles. The van der Waals surface area contributed by atoms with Crippen LogP contribution < -0.4 is 20.1 Å². The molecule has 0 aliphatic carbocycles. The molecule has 0 atom stereocenters. The van der Waals surface area contributed by atoms with Crippen LogP contribution in [0.3, 0.4) is 0 Å². The first-order chi connectivity index (χ1) is 20.2. The van der Waals surface area contributed by atoms with E-state index in [4.69, 9.17) is 0 Å². The van der Waals surface area contributed by atoms with Crippen molar-refractivity contribution >= 4 is 43.5 Å². The average Bonchev–Trinajstić information content (AvgIpc) is 2.93. The molecule has 4 aromatic carbocycles. The van der Waals surface area contributed by atoms with Crippen LogP contribution in [0.4, 0.5) is 21.0 Å². The normalized spacial score (nSPS) is 11.8. The highest BCUT2D eigenvalue weighted by Crippen LogP contribution is 2.33. The highest BCUT2D eigenvalue weighted by Gasteiger charge is 2.24. The molecule has 0 spiro atoms. The van der Waals surface area contributed by atoms with Crippen LogP contribution in [-0.2, 0) is 25.5 Å². The van der Waals surface area contributed by atoms with Gasteiger partial charge >= 0.3 is 12.1 Å². The number of aryl methyl sites for hydroxylation is 2. The summed E-state index contributed by atoms with van der Waals surface area (Å²) in [5.41, 5.74) is 3.94. The van der Waals surface area contributed by atoms with E-state index in [0.29, 0.717) is 11.4 Å². The Balaban J connectivity index is 1.37. The van der Waals surface area contributed by atoms with E-state index in [2.05, 4.69) is 10.6 Å². The maximum atomic E-state index is 12.5. The number of carbonyl (C=O) groups is 2.